The van der Waals surface area contributed by atoms with Crippen molar-refractivity contribution in [3.8, 4) is 0 Å². The Balaban J connectivity index is 2.06. The van der Waals surface area contributed by atoms with Crippen molar-refractivity contribution in [3.05, 3.63) is 0 Å². The topological polar surface area (TPSA) is 63.6 Å². The highest BCUT2D eigenvalue weighted by Gasteiger charge is 2.39. The van der Waals surface area contributed by atoms with Gasteiger partial charge >= 0.3 is 5.97 Å². The van der Waals surface area contributed by atoms with Crippen molar-refractivity contribution in [2.75, 3.05) is 13.2 Å². The molecule has 2 rings (SSSR count). The maximum atomic E-state index is 11.5. The molecule has 1 saturated heterocycles. The van der Waals surface area contributed by atoms with Gasteiger partial charge in [0.1, 0.15) is 5.78 Å². The monoisotopic (exact) mass is 226 g/mol. The number of carboxylic acid groups (broad SMARTS) is 1. The van der Waals surface area contributed by atoms with Crippen LogP contribution in [0.4, 0.5) is 0 Å². The van der Waals surface area contributed by atoms with Crippen molar-refractivity contribution in [2.45, 2.75) is 32.1 Å². The highest BCUT2D eigenvalue weighted by atomic mass is 16.5. The highest BCUT2D eigenvalue weighted by molar-refractivity contribution is 5.82. The van der Waals surface area contributed by atoms with Gasteiger partial charge in [-0.25, -0.2) is 0 Å². The summed E-state index contributed by atoms with van der Waals surface area (Å²) in [5.41, 5.74) is 0. The van der Waals surface area contributed by atoms with Crippen LogP contribution in [0.2, 0.25) is 0 Å². The van der Waals surface area contributed by atoms with E-state index < -0.39 is 5.97 Å². The first-order valence-corrected chi connectivity index (χ1v) is 6.00. The minimum absolute atomic E-state index is 0.0441. The molecule has 2 unspecified atom stereocenters. The van der Waals surface area contributed by atoms with Gasteiger partial charge in [0.05, 0.1) is 5.92 Å². The van der Waals surface area contributed by atoms with Crippen LogP contribution in [-0.4, -0.2) is 30.1 Å². The van der Waals surface area contributed by atoms with Crippen molar-refractivity contribution in [2.24, 2.45) is 17.8 Å². The molecular weight excluding hydrogens is 208 g/mol. The first-order chi connectivity index (χ1) is 7.68. The lowest BCUT2D eigenvalue weighted by atomic mass is 9.70. The molecular formula is C12H18O4. The number of hydrogen-bond acceptors (Lipinski definition) is 3. The van der Waals surface area contributed by atoms with Gasteiger partial charge in [-0.15, -0.1) is 0 Å². The van der Waals surface area contributed by atoms with E-state index in [1.54, 1.807) is 0 Å². The number of carbonyl (C=O) groups excluding carboxylic acids is 1. The van der Waals surface area contributed by atoms with E-state index in [9.17, 15) is 14.7 Å². The lowest BCUT2D eigenvalue weighted by Gasteiger charge is -2.36. The molecule has 90 valence electrons. The maximum Gasteiger partial charge on any atom is 0.306 e. The van der Waals surface area contributed by atoms with Crippen LogP contribution >= 0.6 is 0 Å². The molecule has 4 nitrogen and oxygen atoms in total. The Morgan fingerprint density at radius 3 is 2.56 bits per heavy atom. The van der Waals surface area contributed by atoms with E-state index in [0.717, 1.165) is 12.8 Å². The minimum atomic E-state index is -0.732. The van der Waals surface area contributed by atoms with Crippen LogP contribution in [-0.2, 0) is 14.3 Å². The summed E-state index contributed by atoms with van der Waals surface area (Å²) in [6.07, 6.45) is 3.23. The number of aliphatic carboxylic acids is 1. The van der Waals surface area contributed by atoms with E-state index in [4.69, 9.17) is 4.74 Å². The zero-order chi connectivity index (χ0) is 11.5. The standard InChI is InChI=1S/C12H18O4/c13-9-1-2-10(12(14)15)11(7-9)8-3-5-16-6-4-8/h8,10-11H,1-7H2,(H,14,15). The predicted molar refractivity (Wildman–Crippen MR) is 57.0 cm³/mol. The number of ketones is 1. The van der Waals surface area contributed by atoms with Gasteiger partial charge in [0, 0.05) is 26.1 Å². The fraction of sp³-hybridized carbons (Fsp3) is 0.833. The summed E-state index contributed by atoms with van der Waals surface area (Å²) in [6, 6.07) is 0. The van der Waals surface area contributed by atoms with Gasteiger partial charge in [0.2, 0.25) is 0 Å². The first kappa shape index (κ1) is 11.6. The largest absolute Gasteiger partial charge is 0.481 e. The quantitative estimate of drug-likeness (QED) is 0.774. The van der Waals surface area contributed by atoms with Gasteiger partial charge in [-0.05, 0) is 31.1 Å². The third-order valence-electron chi connectivity index (χ3n) is 3.90. The molecule has 1 aliphatic heterocycles. The summed E-state index contributed by atoms with van der Waals surface area (Å²) in [7, 11) is 0. The number of rotatable bonds is 2. The molecule has 1 saturated carbocycles. The Bertz CT molecular complexity index is 281. The predicted octanol–water partition coefficient (Wildman–Crippen LogP) is 1.48. The second-order valence-corrected chi connectivity index (χ2v) is 4.84. The van der Waals surface area contributed by atoms with Gasteiger partial charge in [0.25, 0.3) is 0 Å². The molecule has 2 fully saturated rings. The van der Waals surface area contributed by atoms with Gasteiger partial charge < -0.3 is 9.84 Å². The Hall–Kier alpha value is -0.900. The zero-order valence-electron chi connectivity index (χ0n) is 9.35. The van der Waals surface area contributed by atoms with Crippen molar-refractivity contribution in [1.29, 1.82) is 0 Å². The van der Waals surface area contributed by atoms with Crippen LogP contribution in [0.15, 0.2) is 0 Å². The van der Waals surface area contributed by atoms with E-state index >= 15 is 0 Å². The van der Waals surface area contributed by atoms with Gasteiger partial charge in [-0.1, -0.05) is 0 Å². The SMILES string of the molecule is O=C1CCC(C(=O)O)C(C2CCOCC2)C1. The molecule has 16 heavy (non-hydrogen) atoms. The smallest absolute Gasteiger partial charge is 0.306 e. The number of carboxylic acids is 1. The zero-order valence-corrected chi connectivity index (χ0v) is 9.35. The molecule has 2 aliphatic rings. The van der Waals surface area contributed by atoms with Crippen LogP contribution in [0.25, 0.3) is 0 Å². The Labute approximate surface area is 95.0 Å². The number of ether oxygens (including phenoxy) is 1. The van der Waals surface area contributed by atoms with Crippen molar-refractivity contribution in [3.63, 3.8) is 0 Å². The molecule has 1 aliphatic carbocycles. The Morgan fingerprint density at radius 1 is 1.25 bits per heavy atom. The number of Topliss-reactive ketones (excluding diaryl/α,β-unsaturated/α-hetero) is 1. The van der Waals surface area contributed by atoms with E-state index in [-0.39, 0.29) is 17.6 Å². The van der Waals surface area contributed by atoms with Crippen LogP contribution in [0.1, 0.15) is 32.1 Å². The van der Waals surface area contributed by atoms with Crippen LogP contribution < -0.4 is 0 Å². The molecule has 1 heterocycles. The Morgan fingerprint density at radius 2 is 1.94 bits per heavy atom. The summed E-state index contributed by atoms with van der Waals surface area (Å²) < 4.78 is 5.28. The number of carbonyl (C=O) groups is 2. The van der Waals surface area contributed by atoms with E-state index in [1.807, 2.05) is 0 Å². The Kier molecular flexibility index (Phi) is 3.59. The van der Waals surface area contributed by atoms with E-state index in [2.05, 4.69) is 0 Å². The summed E-state index contributed by atoms with van der Waals surface area (Å²) in [4.78, 5) is 22.6. The van der Waals surface area contributed by atoms with Crippen LogP contribution in [0, 0.1) is 17.8 Å². The van der Waals surface area contributed by atoms with E-state index in [1.165, 1.54) is 0 Å². The molecule has 0 spiro atoms. The normalized spacial score (nSPS) is 32.6. The molecule has 0 aromatic heterocycles. The third kappa shape index (κ3) is 2.43. The summed E-state index contributed by atoms with van der Waals surface area (Å²) in [5, 5.41) is 9.18. The van der Waals surface area contributed by atoms with E-state index in [0.29, 0.717) is 38.4 Å². The summed E-state index contributed by atoms with van der Waals surface area (Å²) >= 11 is 0. The van der Waals surface area contributed by atoms with Gasteiger partial charge in [-0.2, -0.15) is 0 Å². The molecule has 1 N–H and O–H groups in total. The molecule has 0 amide bonds. The summed E-state index contributed by atoms with van der Waals surface area (Å²) in [5.74, 6) is -0.416. The van der Waals surface area contributed by atoms with Crippen molar-refractivity contribution < 1.29 is 19.4 Å². The van der Waals surface area contributed by atoms with Crippen LogP contribution in [0.5, 0.6) is 0 Å². The number of hydrogen-bond donors (Lipinski definition) is 1. The molecule has 0 radical (unpaired) electrons. The van der Waals surface area contributed by atoms with Gasteiger partial charge in [-0.3, -0.25) is 9.59 Å². The second-order valence-electron chi connectivity index (χ2n) is 4.84. The average Bonchev–Trinajstić information content (AvgIpc) is 2.29. The lowest BCUT2D eigenvalue weighted by molar-refractivity contribution is -0.148. The molecule has 0 aromatic carbocycles. The maximum absolute atomic E-state index is 11.5. The van der Waals surface area contributed by atoms with Crippen molar-refractivity contribution in [1.82, 2.24) is 0 Å². The summed E-state index contributed by atoms with van der Waals surface area (Å²) in [6.45, 7) is 1.42. The van der Waals surface area contributed by atoms with Crippen LogP contribution in [0.3, 0.4) is 0 Å². The fourth-order valence-electron chi connectivity index (χ4n) is 2.98. The van der Waals surface area contributed by atoms with Gasteiger partial charge in [0.15, 0.2) is 0 Å². The highest BCUT2D eigenvalue weighted by Crippen LogP contribution is 2.38. The van der Waals surface area contributed by atoms with Crippen molar-refractivity contribution >= 4 is 11.8 Å². The lowest BCUT2D eigenvalue weighted by Crippen LogP contribution is -2.37. The molecule has 2 atom stereocenters. The third-order valence-corrected chi connectivity index (χ3v) is 3.90. The molecule has 4 heteroatoms. The fourth-order valence-corrected chi connectivity index (χ4v) is 2.98. The molecule has 0 aromatic rings. The second kappa shape index (κ2) is 4.95. The minimum Gasteiger partial charge on any atom is -0.481 e. The first-order valence-electron chi connectivity index (χ1n) is 6.00. The molecule has 0 bridgehead atoms. The average molecular weight is 226 g/mol.